The summed E-state index contributed by atoms with van der Waals surface area (Å²) >= 11 is 12.7. The summed E-state index contributed by atoms with van der Waals surface area (Å²) in [6.45, 7) is 5.81. The molecule has 12 heteroatoms. The SMILES string of the molecule is CC(C)(Oc1cc(Cl)c(C(C)(C)O)cc1Cl)C(=O)N[C@H]1C[C@H]2CC[C@@H](C1)N2c1ccc(C(=O)NCC(F)F)cn1. The van der Waals surface area contributed by atoms with Gasteiger partial charge >= 0.3 is 0 Å². The molecule has 3 atom stereocenters. The van der Waals surface area contributed by atoms with E-state index < -0.39 is 30.1 Å². The van der Waals surface area contributed by atoms with Crippen molar-refractivity contribution in [3.63, 3.8) is 0 Å². The van der Waals surface area contributed by atoms with E-state index in [4.69, 9.17) is 27.9 Å². The Bertz CT molecular complexity index is 1240. The molecular formula is C28H34Cl2F2N4O4. The third-order valence-electron chi connectivity index (χ3n) is 7.35. The number of aliphatic hydroxyl groups is 1. The normalized spacial score (nSPS) is 20.9. The van der Waals surface area contributed by atoms with E-state index in [1.807, 2.05) is 0 Å². The van der Waals surface area contributed by atoms with Gasteiger partial charge in [-0.05, 0) is 71.6 Å². The third kappa shape index (κ3) is 6.78. The number of hydrogen-bond donors (Lipinski definition) is 3. The summed E-state index contributed by atoms with van der Waals surface area (Å²) in [5, 5.41) is 16.1. The van der Waals surface area contributed by atoms with E-state index in [0.29, 0.717) is 24.2 Å². The Kier molecular flexibility index (Phi) is 8.82. The molecule has 2 aliphatic heterocycles. The first-order valence-corrected chi connectivity index (χ1v) is 13.9. The number of alkyl halides is 2. The number of rotatable bonds is 9. The zero-order valence-corrected chi connectivity index (χ0v) is 24.3. The van der Waals surface area contributed by atoms with E-state index in [0.717, 1.165) is 12.8 Å². The molecule has 0 radical (unpaired) electrons. The number of pyridine rings is 1. The Morgan fingerprint density at radius 1 is 1.12 bits per heavy atom. The lowest BCUT2D eigenvalue weighted by molar-refractivity contribution is -0.135. The van der Waals surface area contributed by atoms with Crippen LogP contribution >= 0.6 is 23.2 Å². The molecule has 2 saturated heterocycles. The predicted octanol–water partition coefficient (Wildman–Crippen LogP) is 5.08. The molecule has 0 unspecified atom stereocenters. The number of hydrogen-bond acceptors (Lipinski definition) is 6. The molecule has 0 spiro atoms. The summed E-state index contributed by atoms with van der Waals surface area (Å²) < 4.78 is 30.8. The lowest BCUT2D eigenvalue weighted by Crippen LogP contribution is -2.55. The van der Waals surface area contributed by atoms with Crippen LogP contribution in [0.2, 0.25) is 10.0 Å². The Hall–Kier alpha value is -2.69. The second-order valence-electron chi connectivity index (χ2n) is 11.4. The molecule has 2 bridgehead atoms. The molecule has 1 aromatic heterocycles. The van der Waals surface area contributed by atoms with E-state index in [2.05, 4.69) is 20.5 Å². The van der Waals surface area contributed by atoms with Crippen molar-refractivity contribution in [3.05, 3.63) is 51.6 Å². The number of fused-ring (bicyclic) bond motifs is 2. The van der Waals surface area contributed by atoms with Crippen molar-refractivity contribution in [1.29, 1.82) is 0 Å². The average molecular weight is 600 g/mol. The number of aromatic nitrogens is 1. The molecule has 0 aliphatic carbocycles. The third-order valence-corrected chi connectivity index (χ3v) is 7.96. The zero-order valence-electron chi connectivity index (χ0n) is 22.8. The maximum absolute atomic E-state index is 13.3. The molecule has 0 saturated carbocycles. The maximum Gasteiger partial charge on any atom is 0.263 e. The van der Waals surface area contributed by atoms with Crippen molar-refractivity contribution in [1.82, 2.24) is 15.6 Å². The fraction of sp³-hybridized carbons (Fsp3) is 0.536. The van der Waals surface area contributed by atoms with E-state index >= 15 is 0 Å². The van der Waals surface area contributed by atoms with Crippen molar-refractivity contribution >= 4 is 40.8 Å². The van der Waals surface area contributed by atoms with Gasteiger partial charge in [0.05, 0.1) is 27.8 Å². The Labute approximate surface area is 242 Å². The van der Waals surface area contributed by atoms with Gasteiger partial charge in [-0.2, -0.15) is 0 Å². The number of piperidine rings is 1. The minimum atomic E-state index is -2.62. The van der Waals surface area contributed by atoms with Gasteiger partial charge in [-0.25, -0.2) is 13.8 Å². The van der Waals surface area contributed by atoms with Crippen LogP contribution in [0.15, 0.2) is 30.5 Å². The summed E-state index contributed by atoms with van der Waals surface area (Å²) in [6.07, 6.45) is 2.09. The molecule has 2 aromatic rings. The Morgan fingerprint density at radius 2 is 1.77 bits per heavy atom. The number of carbonyl (C=O) groups excluding carboxylic acids is 2. The van der Waals surface area contributed by atoms with Gasteiger partial charge in [0.2, 0.25) is 0 Å². The fourth-order valence-corrected chi connectivity index (χ4v) is 5.96. The number of anilines is 1. The molecule has 3 N–H and O–H groups in total. The first-order valence-electron chi connectivity index (χ1n) is 13.2. The highest BCUT2D eigenvalue weighted by atomic mass is 35.5. The van der Waals surface area contributed by atoms with Crippen LogP contribution in [0.3, 0.4) is 0 Å². The first kappa shape index (κ1) is 30.3. The molecule has 218 valence electrons. The van der Waals surface area contributed by atoms with Crippen LogP contribution in [-0.4, -0.2) is 58.6 Å². The predicted molar refractivity (Wildman–Crippen MR) is 149 cm³/mol. The zero-order chi connectivity index (χ0) is 29.4. The van der Waals surface area contributed by atoms with Crippen LogP contribution in [0.1, 0.15) is 69.3 Å². The molecule has 40 heavy (non-hydrogen) atoms. The molecule has 3 heterocycles. The van der Waals surface area contributed by atoms with Crippen LogP contribution in [0.4, 0.5) is 14.6 Å². The van der Waals surface area contributed by atoms with Gasteiger partial charge in [-0.3, -0.25) is 9.59 Å². The highest BCUT2D eigenvalue weighted by Crippen LogP contribution is 2.40. The highest BCUT2D eigenvalue weighted by molar-refractivity contribution is 6.34. The number of halogens is 4. The van der Waals surface area contributed by atoms with Crippen molar-refractivity contribution < 1.29 is 28.2 Å². The number of amides is 2. The smallest absolute Gasteiger partial charge is 0.263 e. The van der Waals surface area contributed by atoms with E-state index in [-0.39, 0.29) is 45.4 Å². The molecule has 2 amide bonds. The summed E-state index contributed by atoms with van der Waals surface area (Å²) in [7, 11) is 0. The maximum atomic E-state index is 13.3. The number of carbonyl (C=O) groups is 2. The molecule has 2 aliphatic rings. The summed E-state index contributed by atoms with van der Waals surface area (Å²) in [5.74, 6) is 0.0752. The van der Waals surface area contributed by atoms with Crippen LogP contribution in [0, 0.1) is 0 Å². The highest BCUT2D eigenvalue weighted by Gasteiger charge is 2.43. The number of nitrogens with zero attached hydrogens (tertiary/aromatic N) is 2. The summed E-state index contributed by atoms with van der Waals surface area (Å²) in [5.41, 5.74) is -1.77. The van der Waals surface area contributed by atoms with Gasteiger partial charge in [0.15, 0.2) is 5.60 Å². The van der Waals surface area contributed by atoms with Crippen molar-refractivity contribution in [3.8, 4) is 5.75 Å². The molecule has 1 aromatic carbocycles. The van der Waals surface area contributed by atoms with E-state index in [1.165, 1.54) is 18.3 Å². The molecular weight excluding hydrogens is 565 g/mol. The van der Waals surface area contributed by atoms with Crippen molar-refractivity contribution in [2.45, 2.75) is 89.1 Å². The average Bonchev–Trinajstić information content (AvgIpc) is 3.13. The number of nitrogens with one attached hydrogen (secondary N) is 2. The minimum absolute atomic E-state index is 0.0693. The molecule has 4 rings (SSSR count). The molecule has 2 fully saturated rings. The standard InChI is InChI=1S/C28H34Cl2F2N4O4/c1-27(2,39)19-11-21(30)22(12-20(19)29)40-28(3,4)26(38)35-16-9-17-6-7-18(10-16)36(17)24-8-5-15(13-33-24)25(37)34-14-23(31)32/h5,8,11-13,16-18,23,39H,6-7,9-10,14H2,1-4H3,(H,34,37)(H,35,38)/t16-,17+,18-. The number of ether oxygens (including phenoxy) is 1. The van der Waals surface area contributed by atoms with Gasteiger partial charge in [0.25, 0.3) is 18.2 Å². The van der Waals surface area contributed by atoms with Crippen LogP contribution in [0.5, 0.6) is 5.75 Å². The van der Waals surface area contributed by atoms with Crippen LogP contribution < -0.4 is 20.3 Å². The van der Waals surface area contributed by atoms with Gasteiger partial charge < -0.3 is 25.4 Å². The quantitative estimate of drug-likeness (QED) is 0.372. The van der Waals surface area contributed by atoms with Crippen molar-refractivity contribution in [2.24, 2.45) is 0 Å². The van der Waals surface area contributed by atoms with Gasteiger partial charge in [-0.1, -0.05) is 23.2 Å². The lowest BCUT2D eigenvalue weighted by atomic mass is 9.96. The van der Waals surface area contributed by atoms with Crippen LogP contribution in [-0.2, 0) is 10.4 Å². The fourth-order valence-electron chi connectivity index (χ4n) is 5.37. The van der Waals surface area contributed by atoms with Gasteiger partial charge in [0.1, 0.15) is 11.6 Å². The van der Waals surface area contributed by atoms with E-state index in [1.54, 1.807) is 39.8 Å². The summed E-state index contributed by atoms with van der Waals surface area (Å²) in [6, 6.07) is 6.60. The Morgan fingerprint density at radius 3 is 2.33 bits per heavy atom. The molecule has 8 nitrogen and oxygen atoms in total. The largest absolute Gasteiger partial charge is 0.476 e. The lowest BCUT2D eigenvalue weighted by Gasteiger charge is -2.41. The topological polar surface area (TPSA) is 104 Å². The summed E-state index contributed by atoms with van der Waals surface area (Å²) in [4.78, 5) is 32.0. The Balaban J connectivity index is 1.38. The second-order valence-corrected chi connectivity index (χ2v) is 12.2. The van der Waals surface area contributed by atoms with Gasteiger partial charge in [-0.15, -0.1) is 0 Å². The van der Waals surface area contributed by atoms with Crippen molar-refractivity contribution in [2.75, 3.05) is 11.4 Å². The number of benzene rings is 1. The van der Waals surface area contributed by atoms with E-state index in [9.17, 15) is 23.5 Å². The second kappa shape index (κ2) is 11.7. The first-order chi connectivity index (χ1) is 18.7. The van der Waals surface area contributed by atoms with Crippen LogP contribution in [0.25, 0.3) is 0 Å². The monoisotopic (exact) mass is 598 g/mol. The minimum Gasteiger partial charge on any atom is -0.476 e. The van der Waals surface area contributed by atoms with Gasteiger partial charge in [0, 0.05) is 36.0 Å².